The van der Waals surface area contributed by atoms with Gasteiger partial charge < -0.3 is 19.5 Å². The summed E-state index contributed by atoms with van der Waals surface area (Å²) >= 11 is 0. The maximum absolute atomic E-state index is 12.9. The molecule has 1 amide bonds. The third-order valence-corrected chi connectivity index (χ3v) is 3.48. The molecule has 2 aromatic carbocycles. The first-order valence-electron chi connectivity index (χ1n) is 7.37. The molecule has 0 aliphatic carbocycles. The summed E-state index contributed by atoms with van der Waals surface area (Å²) in [6.07, 6.45) is 0.0231. The normalized spacial score (nSPS) is 10.1. The van der Waals surface area contributed by atoms with E-state index in [0.29, 0.717) is 17.1 Å². The highest BCUT2D eigenvalue weighted by Crippen LogP contribution is 2.33. The number of methoxy groups -OCH3 is 3. The van der Waals surface area contributed by atoms with Crippen molar-refractivity contribution in [2.45, 2.75) is 6.42 Å². The molecule has 2 rings (SSSR count). The van der Waals surface area contributed by atoms with Gasteiger partial charge in [0.05, 0.1) is 39.0 Å². The van der Waals surface area contributed by atoms with E-state index < -0.39 is 5.97 Å². The van der Waals surface area contributed by atoms with Crippen molar-refractivity contribution in [2.24, 2.45) is 0 Å². The molecule has 6 nitrogen and oxygen atoms in total. The maximum atomic E-state index is 12.9. The van der Waals surface area contributed by atoms with Crippen molar-refractivity contribution in [3.63, 3.8) is 0 Å². The number of halogens is 1. The first kappa shape index (κ1) is 18.3. The first-order chi connectivity index (χ1) is 12.0. The van der Waals surface area contributed by atoms with Crippen LogP contribution in [0.1, 0.15) is 15.9 Å². The standard InChI is InChI=1S/C18H18FNO5/c1-23-15-9-13(18(22)25-3)14(10-16(15)24-2)20-17(21)8-11-4-6-12(19)7-5-11/h4-7,9-10H,8H2,1-3H3,(H,20,21). The van der Waals surface area contributed by atoms with E-state index >= 15 is 0 Å². The van der Waals surface area contributed by atoms with Crippen molar-refractivity contribution in [3.05, 3.63) is 53.3 Å². The average molecular weight is 347 g/mol. The third-order valence-electron chi connectivity index (χ3n) is 3.48. The van der Waals surface area contributed by atoms with Gasteiger partial charge in [0.1, 0.15) is 5.82 Å². The number of ether oxygens (including phenoxy) is 3. The Morgan fingerprint density at radius 1 is 1.00 bits per heavy atom. The molecule has 25 heavy (non-hydrogen) atoms. The Kier molecular flexibility index (Phi) is 5.94. The van der Waals surface area contributed by atoms with Gasteiger partial charge in [-0.1, -0.05) is 12.1 Å². The van der Waals surface area contributed by atoms with E-state index in [0.717, 1.165) is 0 Å². The van der Waals surface area contributed by atoms with Crippen molar-refractivity contribution in [1.82, 2.24) is 0 Å². The zero-order valence-electron chi connectivity index (χ0n) is 14.1. The molecular formula is C18H18FNO5. The van der Waals surface area contributed by atoms with Gasteiger partial charge in [0.25, 0.3) is 0 Å². The zero-order valence-corrected chi connectivity index (χ0v) is 14.1. The van der Waals surface area contributed by atoms with Crippen LogP contribution in [0, 0.1) is 5.82 Å². The quantitative estimate of drug-likeness (QED) is 0.814. The topological polar surface area (TPSA) is 73.9 Å². The van der Waals surface area contributed by atoms with Crippen LogP contribution < -0.4 is 14.8 Å². The van der Waals surface area contributed by atoms with Gasteiger partial charge in [0.15, 0.2) is 11.5 Å². The van der Waals surface area contributed by atoms with Crippen molar-refractivity contribution < 1.29 is 28.2 Å². The lowest BCUT2D eigenvalue weighted by Gasteiger charge is -2.14. The van der Waals surface area contributed by atoms with E-state index in [-0.39, 0.29) is 29.4 Å². The largest absolute Gasteiger partial charge is 0.493 e. The number of hydrogen-bond acceptors (Lipinski definition) is 5. The molecule has 0 aromatic heterocycles. The number of carbonyl (C=O) groups is 2. The molecule has 0 heterocycles. The van der Waals surface area contributed by atoms with Gasteiger partial charge in [0, 0.05) is 12.1 Å². The van der Waals surface area contributed by atoms with Crippen molar-refractivity contribution in [3.8, 4) is 11.5 Å². The minimum atomic E-state index is -0.627. The highest BCUT2D eigenvalue weighted by molar-refractivity contribution is 6.02. The summed E-state index contributed by atoms with van der Waals surface area (Å²) in [6, 6.07) is 8.50. The summed E-state index contributed by atoms with van der Waals surface area (Å²) < 4.78 is 28.0. The van der Waals surface area contributed by atoms with E-state index in [4.69, 9.17) is 14.2 Å². The van der Waals surface area contributed by atoms with Gasteiger partial charge in [-0.15, -0.1) is 0 Å². The number of carbonyl (C=O) groups excluding carboxylic acids is 2. The van der Waals surface area contributed by atoms with Gasteiger partial charge in [0.2, 0.25) is 5.91 Å². The van der Waals surface area contributed by atoms with Crippen LogP contribution in [0.25, 0.3) is 0 Å². The smallest absolute Gasteiger partial charge is 0.340 e. The van der Waals surface area contributed by atoms with Crippen molar-refractivity contribution in [2.75, 3.05) is 26.6 Å². The molecule has 0 bridgehead atoms. The summed E-state index contributed by atoms with van der Waals surface area (Å²) in [5, 5.41) is 2.65. The van der Waals surface area contributed by atoms with Crippen LogP contribution in [0.3, 0.4) is 0 Å². The summed E-state index contributed by atoms with van der Waals surface area (Å²) in [7, 11) is 4.12. The van der Waals surface area contributed by atoms with Crippen LogP contribution in [0.5, 0.6) is 11.5 Å². The summed E-state index contributed by atoms with van der Waals surface area (Å²) in [5.74, 6) is -0.689. The Bertz CT molecular complexity index is 774. The van der Waals surface area contributed by atoms with Crippen molar-refractivity contribution in [1.29, 1.82) is 0 Å². The Morgan fingerprint density at radius 3 is 2.16 bits per heavy atom. The van der Waals surface area contributed by atoms with Gasteiger partial charge >= 0.3 is 5.97 Å². The molecule has 0 fully saturated rings. The molecule has 2 aromatic rings. The van der Waals surface area contributed by atoms with E-state index in [1.54, 1.807) is 0 Å². The minimum Gasteiger partial charge on any atom is -0.493 e. The van der Waals surface area contributed by atoms with E-state index in [1.165, 1.54) is 57.7 Å². The van der Waals surface area contributed by atoms with Gasteiger partial charge in [-0.2, -0.15) is 0 Å². The molecule has 132 valence electrons. The predicted molar refractivity (Wildman–Crippen MR) is 89.6 cm³/mol. The minimum absolute atomic E-state index is 0.0231. The molecule has 0 unspecified atom stereocenters. The van der Waals surface area contributed by atoms with Crippen LogP contribution >= 0.6 is 0 Å². The first-order valence-corrected chi connectivity index (χ1v) is 7.37. The number of hydrogen-bond donors (Lipinski definition) is 1. The molecule has 0 spiro atoms. The molecule has 0 saturated carbocycles. The monoisotopic (exact) mass is 347 g/mol. The number of benzene rings is 2. The van der Waals surface area contributed by atoms with Gasteiger partial charge in [-0.3, -0.25) is 4.79 Å². The van der Waals surface area contributed by atoms with E-state index in [2.05, 4.69) is 5.32 Å². The number of nitrogens with one attached hydrogen (secondary N) is 1. The Labute approximate surface area is 144 Å². The summed E-state index contributed by atoms with van der Waals surface area (Å²) in [4.78, 5) is 24.2. The number of amides is 1. The lowest BCUT2D eigenvalue weighted by atomic mass is 10.1. The lowest BCUT2D eigenvalue weighted by Crippen LogP contribution is -2.17. The highest BCUT2D eigenvalue weighted by atomic mass is 19.1. The number of anilines is 1. The molecule has 7 heteroatoms. The van der Waals surface area contributed by atoms with E-state index in [1.807, 2.05) is 0 Å². The zero-order chi connectivity index (χ0) is 18.4. The Morgan fingerprint density at radius 2 is 1.60 bits per heavy atom. The number of rotatable bonds is 6. The average Bonchev–Trinajstić information content (AvgIpc) is 2.62. The fraction of sp³-hybridized carbons (Fsp3) is 0.222. The van der Waals surface area contributed by atoms with Crippen LogP contribution in [0.15, 0.2) is 36.4 Å². The molecule has 0 aliphatic rings. The molecule has 1 N–H and O–H groups in total. The summed E-state index contributed by atoms with van der Waals surface area (Å²) in [5.41, 5.74) is 1.00. The highest BCUT2D eigenvalue weighted by Gasteiger charge is 2.19. The second-order valence-electron chi connectivity index (χ2n) is 5.10. The molecule has 0 aliphatic heterocycles. The second-order valence-corrected chi connectivity index (χ2v) is 5.10. The Balaban J connectivity index is 2.28. The fourth-order valence-corrected chi connectivity index (χ4v) is 2.24. The van der Waals surface area contributed by atoms with Gasteiger partial charge in [-0.25, -0.2) is 9.18 Å². The molecular weight excluding hydrogens is 329 g/mol. The van der Waals surface area contributed by atoms with Gasteiger partial charge in [-0.05, 0) is 17.7 Å². The van der Waals surface area contributed by atoms with Crippen LogP contribution in [-0.4, -0.2) is 33.2 Å². The Hall–Kier alpha value is -3.09. The molecule has 0 saturated heterocycles. The van der Waals surface area contributed by atoms with Crippen LogP contribution in [0.4, 0.5) is 10.1 Å². The van der Waals surface area contributed by atoms with Crippen molar-refractivity contribution >= 4 is 17.6 Å². The molecule has 0 radical (unpaired) electrons. The molecule has 0 atom stereocenters. The number of esters is 1. The maximum Gasteiger partial charge on any atom is 0.340 e. The SMILES string of the molecule is COC(=O)c1cc(OC)c(OC)cc1NC(=O)Cc1ccc(F)cc1. The lowest BCUT2D eigenvalue weighted by molar-refractivity contribution is -0.115. The third kappa shape index (κ3) is 4.47. The predicted octanol–water partition coefficient (Wildman–Crippen LogP) is 2.81. The fourth-order valence-electron chi connectivity index (χ4n) is 2.24. The second kappa shape index (κ2) is 8.14. The summed E-state index contributed by atoms with van der Waals surface area (Å²) in [6.45, 7) is 0. The van der Waals surface area contributed by atoms with Crippen LogP contribution in [0.2, 0.25) is 0 Å². The van der Waals surface area contributed by atoms with Crippen LogP contribution in [-0.2, 0) is 16.0 Å². The van der Waals surface area contributed by atoms with E-state index in [9.17, 15) is 14.0 Å².